The van der Waals surface area contributed by atoms with E-state index in [-0.39, 0.29) is 5.76 Å². The largest absolute Gasteiger partial charge is 0.430 e. The van der Waals surface area contributed by atoms with Crippen LogP contribution in [0, 0.1) is 0 Å². The lowest BCUT2D eigenvalue weighted by atomic mass is 10.5. The van der Waals surface area contributed by atoms with E-state index in [1.807, 2.05) is 17.5 Å². The van der Waals surface area contributed by atoms with Crippen LogP contribution in [0.2, 0.25) is 0 Å². The molecule has 0 aliphatic rings. The molecule has 0 saturated heterocycles. The molecule has 4 nitrogen and oxygen atoms in total. The van der Waals surface area contributed by atoms with Gasteiger partial charge >= 0.3 is 0 Å². The van der Waals surface area contributed by atoms with Crippen molar-refractivity contribution in [3.63, 3.8) is 0 Å². The van der Waals surface area contributed by atoms with Crippen LogP contribution in [0.1, 0.15) is 10.6 Å². The predicted molar refractivity (Wildman–Crippen MR) is 48.3 cm³/mol. The fourth-order valence-electron chi connectivity index (χ4n) is 0.902. The van der Waals surface area contributed by atoms with Crippen LogP contribution < -0.4 is 5.73 Å². The Labute approximate surface area is 78.0 Å². The predicted octanol–water partition coefficient (Wildman–Crippen LogP) is 1.50. The summed E-state index contributed by atoms with van der Waals surface area (Å²) in [4.78, 5) is 15.5. The fraction of sp³-hybridized carbons (Fsp3) is 0. The monoisotopic (exact) mass is 194 g/mol. The van der Waals surface area contributed by atoms with Crippen molar-refractivity contribution in [3.05, 3.63) is 29.5 Å². The molecule has 2 aromatic rings. The van der Waals surface area contributed by atoms with Gasteiger partial charge in [0.15, 0.2) is 0 Å². The number of carbonyl (C=O) groups is 1. The van der Waals surface area contributed by atoms with Crippen molar-refractivity contribution >= 4 is 17.2 Å². The maximum atomic E-state index is 10.7. The number of amides is 1. The normalized spacial score (nSPS) is 10.2. The zero-order valence-electron chi connectivity index (χ0n) is 6.56. The van der Waals surface area contributed by atoms with E-state index in [1.165, 1.54) is 17.5 Å². The molecule has 0 aromatic carbocycles. The van der Waals surface area contributed by atoms with Gasteiger partial charge in [-0.2, -0.15) is 0 Å². The molecule has 2 rings (SSSR count). The Morgan fingerprint density at radius 1 is 1.62 bits per heavy atom. The van der Waals surface area contributed by atoms with Crippen LogP contribution in [-0.4, -0.2) is 10.9 Å². The Kier molecular flexibility index (Phi) is 1.86. The lowest BCUT2D eigenvalue weighted by Gasteiger charge is -1.86. The molecule has 0 atom stereocenters. The van der Waals surface area contributed by atoms with Gasteiger partial charge in [-0.15, -0.1) is 11.3 Å². The van der Waals surface area contributed by atoms with Crippen LogP contribution in [0.25, 0.3) is 10.8 Å². The topological polar surface area (TPSA) is 69.1 Å². The fourth-order valence-corrected chi connectivity index (χ4v) is 1.56. The van der Waals surface area contributed by atoms with Gasteiger partial charge in [0.25, 0.3) is 5.91 Å². The third kappa shape index (κ3) is 1.46. The van der Waals surface area contributed by atoms with Crippen LogP contribution in [0.3, 0.4) is 0 Å². The number of thiophene rings is 1. The van der Waals surface area contributed by atoms with Gasteiger partial charge < -0.3 is 10.2 Å². The van der Waals surface area contributed by atoms with Crippen LogP contribution in [0.5, 0.6) is 0 Å². The summed E-state index contributed by atoms with van der Waals surface area (Å²) in [6, 6.07) is 3.75. The average molecular weight is 194 g/mol. The van der Waals surface area contributed by atoms with E-state index in [0.29, 0.717) is 5.89 Å². The van der Waals surface area contributed by atoms with Crippen molar-refractivity contribution in [2.75, 3.05) is 0 Å². The van der Waals surface area contributed by atoms with Gasteiger partial charge in [-0.05, 0) is 11.4 Å². The molecular formula is C8H6N2O2S. The molecule has 5 heteroatoms. The molecule has 0 unspecified atom stereocenters. The molecule has 66 valence electrons. The minimum atomic E-state index is -0.602. The number of carbonyl (C=O) groups excluding carboxylic acids is 1. The molecule has 0 aliphatic heterocycles. The number of rotatable bonds is 2. The highest BCUT2D eigenvalue weighted by atomic mass is 32.1. The second-order valence-corrected chi connectivity index (χ2v) is 3.32. The van der Waals surface area contributed by atoms with Crippen LogP contribution >= 0.6 is 11.3 Å². The van der Waals surface area contributed by atoms with E-state index >= 15 is 0 Å². The smallest absolute Gasteiger partial charge is 0.286 e. The zero-order valence-corrected chi connectivity index (χ0v) is 7.38. The maximum absolute atomic E-state index is 10.7. The highest BCUT2D eigenvalue weighted by molar-refractivity contribution is 7.13. The highest BCUT2D eigenvalue weighted by Crippen LogP contribution is 2.23. The van der Waals surface area contributed by atoms with Crippen LogP contribution in [-0.2, 0) is 0 Å². The van der Waals surface area contributed by atoms with Crippen molar-refractivity contribution in [3.8, 4) is 10.8 Å². The van der Waals surface area contributed by atoms with Gasteiger partial charge in [0, 0.05) is 0 Å². The van der Waals surface area contributed by atoms with Crippen molar-refractivity contribution in [1.82, 2.24) is 4.98 Å². The molecule has 0 saturated carbocycles. The van der Waals surface area contributed by atoms with Crippen molar-refractivity contribution in [2.24, 2.45) is 5.73 Å². The first-order chi connectivity index (χ1) is 6.27. The minimum Gasteiger partial charge on any atom is -0.430 e. The third-order valence-corrected chi connectivity index (χ3v) is 2.34. The highest BCUT2D eigenvalue weighted by Gasteiger charge is 2.10. The minimum absolute atomic E-state index is 0.0865. The third-order valence-electron chi connectivity index (χ3n) is 1.48. The average Bonchev–Trinajstić information content (AvgIpc) is 2.75. The van der Waals surface area contributed by atoms with Crippen molar-refractivity contribution in [1.29, 1.82) is 0 Å². The van der Waals surface area contributed by atoms with E-state index in [0.717, 1.165) is 4.88 Å². The number of nitrogens with two attached hydrogens (primary N) is 1. The van der Waals surface area contributed by atoms with Gasteiger partial charge in [0.1, 0.15) is 0 Å². The quantitative estimate of drug-likeness (QED) is 0.787. The molecule has 2 N–H and O–H groups in total. The van der Waals surface area contributed by atoms with E-state index in [9.17, 15) is 4.79 Å². The molecule has 2 heterocycles. The number of nitrogens with zero attached hydrogens (tertiary/aromatic N) is 1. The Morgan fingerprint density at radius 3 is 3.00 bits per heavy atom. The zero-order chi connectivity index (χ0) is 9.26. The molecule has 0 bridgehead atoms. The molecule has 13 heavy (non-hydrogen) atoms. The molecule has 0 spiro atoms. The summed E-state index contributed by atoms with van der Waals surface area (Å²) in [5, 5.41) is 1.91. The number of hydrogen-bond acceptors (Lipinski definition) is 4. The van der Waals surface area contributed by atoms with E-state index in [4.69, 9.17) is 10.2 Å². The number of oxazole rings is 1. The van der Waals surface area contributed by atoms with E-state index < -0.39 is 5.91 Å². The Bertz CT molecular complexity index is 419. The molecule has 0 aliphatic carbocycles. The Balaban J connectivity index is 2.39. The van der Waals surface area contributed by atoms with E-state index in [2.05, 4.69) is 4.98 Å². The second kappa shape index (κ2) is 3.02. The summed E-state index contributed by atoms with van der Waals surface area (Å²) in [6.07, 6.45) is 1.33. The van der Waals surface area contributed by atoms with Gasteiger partial charge in [-0.3, -0.25) is 4.79 Å². The number of hydrogen-bond donors (Lipinski definition) is 1. The maximum Gasteiger partial charge on any atom is 0.286 e. The molecule has 0 radical (unpaired) electrons. The number of aromatic nitrogens is 1. The molecule has 2 aromatic heterocycles. The lowest BCUT2D eigenvalue weighted by molar-refractivity contribution is 0.0975. The summed E-state index contributed by atoms with van der Waals surface area (Å²) >= 11 is 1.49. The van der Waals surface area contributed by atoms with Crippen LogP contribution in [0.4, 0.5) is 0 Å². The lowest BCUT2D eigenvalue weighted by Crippen LogP contribution is -2.09. The summed E-state index contributed by atoms with van der Waals surface area (Å²) in [7, 11) is 0. The van der Waals surface area contributed by atoms with Gasteiger partial charge in [-0.1, -0.05) is 6.07 Å². The van der Waals surface area contributed by atoms with Crippen LogP contribution in [0.15, 0.2) is 28.1 Å². The second-order valence-electron chi connectivity index (χ2n) is 2.37. The van der Waals surface area contributed by atoms with Gasteiger partial charge in [0.2, 0.25) is 11.7 Å². The molecule has 0 fully saturated rings. The summed E-state index contributed by atoms with van der Waals surface area (Å²) in [6.45, 7) is 0. The van der Waals surface area contributed by atoms with Crippen molar-refractivity contribution in [2.45, 2.75) is 0 Å². The van der Waals surface area contributed by atoms with Crippen molar-refractivity contribution < 1.29 is 9.21 Å². The standard InChI is InChI=1S/C8H6N2O2S/c9-7(11)5-4-10-8(12-5)6-2-1-3-13-6/h1-4H,(H2,9,11). The SMILES string of the molecule is NC(=O)c1cnc(-c2cccs2)o1. The van der Waals surface area contributed by atoms with E-state index in [1.54, 1.807) is 0 Å². The Morgan fingerprint density at radius 2 is 2.46 bits per heavy atom. The Hall–Kier alpha value is -1.62. The number of primary amides is 1. The van der Waals surface area contributed by atoms with Gasteiger partial charge in [-0.25, -0.2) is 4.98 Å². The molecule has 1 amide bonds. The summed E-state index contributed by atoms with van der Waals surface area (Å²) < 4.78 is 5.11. The first-order valence-electron chi connectivity index (χ1n) is 3.57. The summed E-state index contributed by atoms with van der Waals surface area (Å²) in [5.41, 5.74) is 5.01. The first-order valence-corrected chi connectivity index (χ1v) is 4.45. The molecular weight excluding hydrogens is 188 g/mol. The summed E-state index contributed by atoms with van der Waals surface area (Å²) in [5.74, 6) is -0.0810. The first kappa shape index (κ1) is 8.00. The van der Waals surface area contributed by atoms with Gasteiger partial charge in [0.05, 0.1) is 11.1 Å².